The minimum atomic E-state index is -0.195. The zero-order valence-corrected chi connectivity index (χ0v) is 13.0. The molecule has 0 aromatic heterocycles. The third-order valence-corrected chi connectivity index (χ3v) is 4.46. The average molecular weight is 303 g/mol. The monoisotopic (exact) mass is 303 g/mol. The van der Waals surface area contributed by atoms with Gasteiger partial charge >= 0.3 is 6.09 Å². The van der Waals surface area contributed by atoms with Crippen molar-refractivity contribution in [3.05, 3.63) is 35.9 Å². The lowest BCUT2D eigenvalue weighted by atomic mass is 10.1. The molecule has 1 aromatic carbocycles. The molecule has 0 spiro atoms. The van der Waals surface area contributed by atoms with Crippen molar-refractivity contribution in [3.8, 4) is 0 Å². The van der Waals surface area contributed by atoms with Crippen molar-refractivity contribution >= 4 is 6.09 Å². The van der Waals surface area contributed by atoms with Crippen LogP contribution in [0.4, 0.5) is 4.79 Å². The van der Waals surface area contributed by atoms with Gasteiger partial charge in [0.25, 0.3) is 0 Å². The first-order valence-corrected chi connectivity index (χ1v) is 8.18. The second-order valence-electron chi connectivity index (χ2n) is 6.36. The molecule has 1 amide bonds. The maximum absolute atomic E-state index is 12.2. The van der Waals surface area contributed by atoms with Crippen LogP contribution in [0.3, 0.4) is 0 Å². The molecule has 0 aliphatic carbocycles. The summed E-state index contributed by atoms with van der Waals surface area (Å²) in [6.07, 6.45) is 2.71. The number of nitrogens with zero attached hydrogens (tertiary/aromatic N) is 2. The molecule has 2 aliphatic rings. The lowest BCUT2D eigenvalue weighted by molar-refractivity contribution is 0.0229. The molecule has 2 heterocycles. The van der Waals surface area contributed by atoms with Crippen LogP contribution in [0.15, 0.2) is 30.3 Å². The minimum absolute atomic E-state index is 0.00165. The smallest absolute Gasteiger partial charge is 0.410 e. The molecule has 2 atom stereocenters. The number of benzene rings is 1. The van der Waals surface area contributed by atoms with Crippen molar-refractivity contribution in [2.24, 2.45) is 5.73 Å². The van der Waals surface area contributed by atoms with Crippen LogP contribution in [0, 0.1) is 0 Å². The summed E-state index contributed by atoms with van der Waals surface area (Å²) in [5, 5.41) is 0. The molecule has 0 saturated carbocycles. The van der Waals surface area contributed by atoms with E-state index in [0.717, 1.165) is 45.4 Å². The van der Waals surface area contributed by atoms with Crippen molar-refractivity contribution in [2.45, 2.75) is 38.0 Å². The van der Waals surface area contributed by atoms with Crippen LogP contribution < -0.4 is 5.73 Å². The van der Waals surface area contributed by atoms with Gasteiger partial charge in [0.2, 0.25) is 0 Å². The fraction of sp³-hybridized carbons (Fsp3) is 0.588. The molecule has 2 N–H and O–H groups in total. The van der Waals surface area contributed by atoms with Gasteiger partial charge in [0, 0.05) is 32.2 Å². The first kappa shape index (κ1) is 15.3. The lowest BCUT2D eigenvalue weighted by Gasteiger charge is -2.33. The molecule has 2 saturated heterocycles. The molecule has 0 bridgehead atoms. The molecule has 0 radical (unpaired) electrons. The third kappa shape index (κ3) is 3.99. The Labute approximate surface area is 132 Å². The Morgan fingerprint density at radius 2 is 2.00 bits per heavy atom. The lowest BCUT2D eigenvalue weighted by Crippen LogP contribution is -2.42. The second-order valence-corrected chi connectivity index (χ2v) is 6.36. The molecule has 3 rings (SSSR count). The van der Waals surface area contributed by atoms with Crippen LogP contribution in [0.2, 0.25) is 0 Å². The highest BCUT2D eigenvalue weighted by Gasteiger charge is 2.29. The topological polar surface area (TPSA) is 58.8 Å². The molecule has 2 aliphatic heterocycles. The Morgan fingerprint density at radius 1 is 1.18 bits per heavy atom. The number of carbonyl (C=O) groups excluding carboxylic acids is 1. The van der Waals surface area contributed by atoms with Crippen molar-refractivity contribution < 1.29 is 9.53 Å². The van der Waals surface area contributed by atoms with Crippen LogP contribution in [-0.2, 0) is 11.3 Å². The number of hydrogen-bond donors (Lipinski definition) is 1. The van der Waals surface area contributed by atoms with Crippen molar-refractivity contribution in [2.75, 3.05) is 26.2 Å². The Kier molecular flexibility index (Phi) is 4.95. The summed E-state index contributed by atoms with van der Waals surface area (Å²) >= 11 is 0. The van der Waals surface area contributed by atoms with E-state index < -0.39 is 0 Å². The van der Waals surface area contributed by atoms with E-state index >= 15 is 0 Å². The number of rotatable bonds is 3. The molecule has 5 nitrogen and oxygen atoms in total. The van der Waals surface area contributed by atoms with E-state index in [1.165, 1.54) is 5.56 Å². The predicted octanol–water partition coefficient (Wildman–Crippen LogP) is 1.82. The molecule has 1 aromatic rings. The van der Waals surface area contributed by atoms with Crippen LogP contribution in [0.25, 0.3) is 0 Å². The summed E-state index contributed by atoms with van der Waals surface area (Å²) in [6.45, 7) is 4.15. The van der Waals surface area contributed by atoms with Crippen LogP contribution in [-0.4, -0.2) is 54.2 Å². The van der Waals surface area contributed by atoms with Gasteiger partial charge in [-0.2, -0.15) is 0 Å². The fourth-order valence-electron chi connectivity index (χ4n) is 3.26. The number of likely N-dealkylation sites (tertiary alicyclic amines) is 2. The number of nitrogens with two attached hydrogens (primary N) is 1. The highest BCUT2D eigenvalue weighted by molar-refractivity contribution is 5.68. The maximum Gasteiger partial charge on any atom is 0.410 e. The summed E-state index contributed by atoms with van der Waals surface area (Å²) in [5.74, 6) is 0. The first-order chi connectivity index (χ1) is 10.7. The normalized spacial score (nSPS) is 26.1. The first-order valence-electron chi connectivity index (χ1n) is 8.18. The molecular weight excluding hydrogens is 278 g/mol. The van der Waals surface area contributed by atoms with E-state index in [1.54, 1.807) is 4.90 Å². The zero-order valence-electron chi connectivity index (χ0n) is 13.0. The van der Waals surface area contributed by atoms with Crippen LogP contribution >= 0.6 is 0 Å². The second kappa shape index (κ2) is 7.11. The molecule has 5 heteroatoms. The van der Waals surface area contributed by atoms with Gasteiger partial charge in [-0.15, -0.1) is 0 Å². The van der Waals surface area contributed by atoms with Gasteiger partial charge in [0.1, 0.15) is 6.10 Å². The highest BCUT2D eigenvalue weighted by atomic mass is 16.6. The maximum atomic E-state index is 12.2. The molecule has 2 fully saturated rings. The highest BCUT2D eigenvalue weighted by Crippen LogP contribution is 2.18. The zero-order chi connectivity index (χ0) is 15.4. The third-order valence-electron chi connectivity index (χ3n) is 4.46. The Hall–Kier alpha value is -1.59. The van der Waals surface area contributed by atoms with E-state index in [0.29, 0.717) is 6.54 Å². The van der Waals surface area contributed by atoms with Crippen molar-refractivity contribution in [1.82, 2.24) is 9.80 Å². The summed E-state index contributed by atoms with van der Waals surface area (Å²) in [6, 6.07) is 10.5. The number of piperidine rings is 1. The molecule has 22 heavy (non-hydrogen) atoms. The number of carbonyl (C=O) groups is 1. The SMILES string of the molecule is N[C@@H]1CCN(C(=O)OC2CCCN(Cc3ccccc3)C2)C1. The molecule has 1 unspecified atom stereocenters. The van der Waals surface area contributed by atoms with Gasteiger partial charge < -0.3 is 15.4 Å². The van der Waals surface area contributed by atoms with E-state index in [4.69, 9.17) is 10.5 Å². The van der Waals surface area contributed by atoms with Crippen LogP contribution in [0.1, 0.15) is 24.8 Å². The summed E-state index contributed by atoms with van der Waals surface area (Å²) < 4.78 is 5.68. The Balaban J connectivity index is 1.49. The van der Waals surface area contributed by atoms with E-state index in [9.17, 15) is 4.79 Å². The van der Waals surface area contributed by atoms with E-state index in [-0.39, 0.29) is 18.2 Å². The average Bonchev–Trinajstić information content (AvgIpc) is 2.95. The standard InChI is InChI=1S/C17H25N3O2/c18-15-8-10-20(12-15)17(21)22-16-7-4-9-19(13-16)11-14-5-2-1-3-6-14/h1-3,5-6,15-16H,4,7-13,18H2/t15-,16?/m1/s1. The van der Waals surface area contributed by atoms with E-state index in [2.05, 4.69) is 29.2 Å². The summed E-state index contributed by atoms with van der Waals surface area (Å²) in [7, 11) is 0. The predicted molar refractivity (Wildman–Crippen MR) is 85.4 cm³/mol. The number of amides is 1. The summed E-state index contributed by atoms with van der Waals surface area (Å²) in [4.78, 5) is 16.3. The van der Waals surface area contributed by atoms with Gasteiger partial charge in [-0.1, -0.05) is 30.3 Å². The van der Waals surface area contributed by atoms with Gasteiger partial charge in [-0.05, 0) is 31.4 Å². The largest absolute Gasteiger partial charge is 0.445 e. The fourth-order valence-corrected chi connectivity index (χ4v) is 3.26. The van der Waals surface area contributed by atoms with E-state index in [1.807, 2.05) is 6.07 Å². The van der Waals surface area contributed by atoms with Crippen LogP contribution in [0.5, 0.6) is 0 Å². The Bertz CT molecular complexity index is 494. The van der Waals surface area contributed by atoms with Gasteiger partial charge in [0.05, 0.1) is 0 Å². The van der Waals surface area contributed by atoms with Gasteiger partial charge in [0.15, 0.2) is 0 Å². The molecular formula is C17H25N3O2. The minimum Gasteiger partial charge on any atom is -0.445 e. The number of hydrogen-bond acceptors (Lipinski definition) is 4. The Morgan fingerprint density at radius 3 is 2.73 bits per heavy atom. The quantitative estimate of drug-likeness (QED) is 0.925. The number of ether oxygens (including phenoxy) is 1. The molecule has 120 valence electrons. The summed E-state index contributed by atoms with van der Waals surface area (Å²) in [5.41, 5.74) is 7.15. The van der Waals surface area contributed by atoms with Crippen molar-refractivity contribution in [1.29, 1.82) is 0 Å². The van der Waals surface area contributed by atoms with Gasteiger partial charge in [-0.25, -0.2) is 4.79 Å². The van der Waals surface area contributed by atoms with Gasteiger partial charge in [-0.3, -0.25) is 4.90 Å². The van der Waals surface area contributed by atoms with Crippen molar-refractivity contribution in [3.63, 3.8) is 0 Å².